The van der Waals surface area contributed by atoms with Crippen molar-refractivity contribution in [3.63, 3.8) is 0 Å². The maximum absolute atomic E-state index is 11.4. The van der Waals surface area contributed by atoms with Crippen LogP contribution < -0.4 is 5.32 Å². The second-order valence-electron chi connectivity index (χ2n) is 4.18. The van der Waals surface area contributed by atoms with Crippen molar-refractivity contribution in [2.24, 2.45) is 0 Å². The fourth-order valence-electron chi connectivity index (χ4n) is 1.27. The predicted octanol–water partition coefficient (Wildman–Crippen LogP) is 0.562. The lowest BCUT2D eigenvalue weighted by Crippen LogP contribution is -2.39. The van der Waals surface area contributed by atoms with Gasteiger partial charge < -0.3 is 10.4 Å². The summed E-state index contributed by atoms with van der Waals surface area (Å²) in [4.78, 5) is 0. The molecule has 1 atom stereocenters. The van der Waals surface area contributed by atoms with Crippen molar-refractivity contribution in [3.05, 3.63) is 0 Å². The topological polar surface area (TPSA) is 66.4 Å². The molecular formula is C10H23NO3S. The van der Waals surface area contributed by atoms with E-state index in [0.29, 0.717) is 19.4 Å². The van der Waals surface area contributed by atoms with E-state index in [9.17, 15) is 13.5 Å². The van der Waals surface area contributed by atoms with Gasteiger partial charge in [-0.05, 0) is 26.3 Å². The van der Waals surface area contributed by atoms with Gasteiger partial charge in [0.15, 0.2) is 0 Å². The molecule has 0 heterocycles. The van der Waals surface area contributed by atoms with Crippen LogP contribution in [0.5, 0.6) is 0 Å². The molecule has 0 saturated heterocycles. The summed E-state index contributed by atoms with van der Waals surface area (Å²) in [5.74, 6) is 0.281. The maximum atomic E-state index is 11.4. The molecule has 92 valence electrons. The molecule has 0 aliphatic rings. The van der Waals surface area contributed by atoms with E-state index in [0.717, 1.165) is 6.54 Å². The Hall–Kier alpha value is -0.130. The van der Waals surface area contributed by atoms with Crippen molar-refractivity contribution < 1.29 is 13.5 Å². The molecule has 0 amide bonds. The van der Waals surface area contributed by atoms with Gasteiger partial charge in [-0.3, -0.25) is 0 Å². The number of aliphatic hydroxyl groups is 1. The Kier molecular flexibility index (Phi) is 6.40. The number of sulfone groups is 1. The summed E-state index contributed by atoms with van der Waals surface area (Å²) in [5.41, 5.74) is -0.934. The normalized spacial score (nSPS) is 16.3. The van der Waals surface area contributed by atoms with Gasteiger partial charge in [-0.2, -0.15) is 0 Å². The van der Waals surface area contributed by atoms with E-state index < -0.39 is 15.4 Å². The maximum Gasteiger partial charge on any atom is 0.150 e. The number of hydrogen-bond donors (Lipinski definition) is 2. The molecule has 15 heavy (non-hydrogen) atoms. The molecule has 0 fully saturated rings. The first-order chi connectivity index (χ1) is 6.83. The lowest BCUT2D eigenvalue weighted by atomic mass is 10.0. The molecular weight excluding hydrogens is 214 g/mol. The van der Waals surface area contributed by atoms with E-state index in [4.69, 9.17) is 0 Å². The van der Waals surface area contributed by atoms with Crippen LogP contribution in [0.25, 0.3) is 0 Å². The summed E-state index contributed by atoms with van der Waals surface area (Å²) in [6, 6.07) is 0. The SMILES string of the molecule is CCCS(=O)(=O)CCC(C)(O)CNCC. The first-order valence-corrected chi connectivity index (χ1v) is 7.28. The summed E-state index contributed by atoms with van der Waals surface area (Å²) < 4.78 is 22.8. The van der Waals surface area contributed by atoms with Gasteiger partial charge in [0.1, 0.15) is 9.84 Å². The first-order valence-electron chi connectivity index (χ1n) is 5.46. The van der Waals surface area contributed by atoms with Crippen molar-refractivity contribution in [2.75, 3.05) is 24.6 Å². The lowest BCUT2D eigenvalue weighted by Gasteiger charge is -2.23. The minimum atomic E-state index is -2.98. The minimum absolute atomic E-state index is 0.0687. The molecule has 0 radical (unpaired) electrons. The molecule has 5 heteroatoms. The van der Waals surface area contributed by atoms with Crippen molar-refractivity contribution in [1.29, 1.82) is 0 Å². The summed E-state index contributed by atoms with van der Waals surface area (Å²) in [7, 11) is -2.98. The quantitative estimate of drug-likeness (QED) is 0.647. The summed E-state index contributed by atoms with van der Waals surface area (Å²) in [6.45, 7) is 6.67. The van der Waals surface area contributed by atoms with E-state index in [2.05, 4.69) is 5.32 Å². The first kappa shape index (κ1) is 14.9. The molecule has 0 saturated carbocycles. The number of hydrogen-bond acceptors (Lipinski definition) is 4. The highest BCUT2D eigenvalue weighted by Gasteiger charge is 2.22. The highest BCUT2D eigenvalue weighted by atomic mass is 32.2. The van der Waals surface area contributed by atoms with Gasteiger partial charge in [0.25, 0.3) is 0 Å². The van der Waals surface area contributed by atoms with Gasteiger partial charge >= 0.3 is 0 Å². The molecule has 2 N–H and O–H groups in total. The largest absolute Gasteiger partial charge is 0.389 e. The van der Waals surface area contributed by atoms with Crippen LogP contribution in [0.4, 0.5) is 0 Å². The van der Waals surface area contributed by atoms with Crippen molar-refractivity contribution in [3.8, 4) is 0 Å². The average Bonchev–Trinajstić information content (AvgIpc) is 2.12. The smallest absolute Gasteiger partial charge is 0.150 e. The second kappa shape index (κ2) is 6.45. The summed E-state index contributed by atoms with van der Waals surface area (Å²) >= 11 is 0. The third-order valence-electron chi connectivity index (χ3n) is 2.22. The van der Waals surface area contributed by atoms with E-state index in [1.54, 1.807) is 6.92 Å². The van der Waals surface area contributed by atoms with Crippen LogP contribution >= 0.6 is 0 Å². The number of likely N-dealkylation sites (N-methyl/N-ethyl adjacent to an activating group) is 1. The van der Waals surface area contributed by atoms with Crippen LogP contribution in [0.3, 0.4) is 0 Å². The zero-order valence-electron chi connectivity index (χ0n) is 9.91. The number of nitrogens with one attached hydrogen (secondary N) is 1. The van der Waals surface area contributed by atoms with Gasteiger partial charge in [-0.1, -0.05) is 13.8 Å². The highest BCUT2D eigenvalue weighted by Crippen LogP contribution is 2.10. The van der Waals surface area contributed by atoms with E-state index in [1.165, 1.54) is 0 Å². The van der Waals surface area contributed by atoms with Gasteiger partial charge in [0.05, 0.1) is 11.4 Å². The van der Waals surface area contributed by atoms with E-state index in [1.807, 2.05) is 13.8 Å². The third-order valence-corrected chi connectivity index (χ3v) is 4.08. The molecule has 0 aliphatic heterocycles. The average molecular weight is 237 g/mol. The molecule has 0 aliphatic carbocycles. The lowest BCUT2D eigenvalue weighted by molar-refractivity contribution is 0.0572. The Bertz CT molecular complexity index is 260. The van der Waals surface area contributed by atoms with Gasteiger partial charge in [0.2, 0.25) is 0 Å². The van der Waals surface area contributed by atoms with Crippen LogP contribution in [0.15, 0.2) is 0 Å². The Morgan fingerprint density at radius 2 is 1.87 bits per heavy atom. The summed E-state index contributed by atoms with van der Waals surface area (Å²) in [6.07, 6.45) is 0.931. The van der Waals surface area contributed by atoms with Crippen molar-refractivity contribution >= 4 is 9.84 Å². The molecule has 1 unspecified atom stereocenters. The van der Waals surface area contributed by atoms with Crippen LogP contribution in [0.1, 0.15) is 33.6 Å². The third kappa shape index (κ3) is 7.76. The Labute approximate surface area is 93.0 Å². The number of rotatable bonds is 8. The van der Waals surface area contributed by atoms with Crippen molar-refractivity contribution in [2.45, 2.75) is 39.2 Å². The zero-order valence-corrected chi connectivity index (χ0v) is 10.7. The van der Waals surface area contributed by atoms with E-state index >= 15 is 0 Å². The summed E-state index contributed by atoms with van der Waals surface area (Å²) in [5, 5.41) is 12.9. The molecule has 0 aromatic heterocycles. The Morgan fingerprint density at radius 3 is 2.33 bits per heavy atom. The Balaban J connectivity index is 4.02. The second-order valence-corrected chi connectivity index (χ2v) is 6.48. The monoisotopic (exact) mass is 237 g/mol. The molecule has 0 aromatic rings. The van der Waals surface area contributed by atoms with Crippen molar-refractivity contribution in [1.82, 2.24) is 5.32 Å². The van der Waals surface area contributed by atoms with Gasteiger partial charge in [0, 0.05) is 12.3 Å². The minimum Gasteiger partial charge on any atom is -0.389 e. The van der Waals surface area contributed by atoms with Gasteiger partial charge in [-0.15, -0.1) is 0 Å². The van der Waals surface area contributed by atoms with Crippen LogP contribution in [0.2, 0.25) is 0 Å². The fraction of sp³-hybridized carbons (Fsp3) is 1.00. The van der Waals surface area contributed by atoms with E-state index in [-0.39, 0.29) is 11.5 Å². The molecule has 0 spiro atoms. The molecule has 0 rings (SSSR count). The fourth-order valence-corrected chi connectivity index (χ4v) is 2.85. The van der Waals surface area contributed by atoms with Crippen LogP contribution in [0, 0.1) is 0 Å². The molecule has 4 nitrogen and oxygen atoms in total. The highest BCUT2D eigenvalue weighted by molar-refractivity contribution is 7.91. The molecule has 0 bridgehead atoms. The van der Waals surface area contributed by atoms with Gasteiger partial charge in [-0.25, -0.2) is 8.42 Å². The Morgan fingerprint density at radius 1 is 1.27 bits per heavy atom. The standard InChI is InChI=1S/C10H23NO3S/c1-4-7-15(13,14)8-6-10(3,12)9-11-5-2/h11-12H,4-9H2,1-3H3. The molecule has 0 aromatic carbocycles. The zero-order chi connectivity index (χ0) is 11.9. The van der Waals surface area contributed by atoms with Crippen LogP contribution in [-0.2, 0) is 9.84 Å². The van der Waals surface area contributed by atoms with Crippen LogP contribution in [-0.4, -0.2) is 43.7 Å². The predicted molar refractivity (Wildman–Crippen MR) is 62.7 cm³/mol.